The van der Waals surface area contributed by atoms with E-state index in [0.717, 1.165) is 45.1 Å². The van der Waals surface area contributed by atoms with Crippen molar-refractivity contribution in [3.05, 3.63) is 42.2 Å². The first-order valence-electron chi connectivity index (χ1n) is 9.64. The molecule has 28 heavy (non-hydrogen) atoms. The number of ether oxygens (including phenoxy) is 1. The van der Waals surface area contributed by atoms with Crippen LogP contribution in [0, 0.1) is 5.82 Å². The summed E-state index contributed by atoms with van der Waals surface area (Å²) < 4.78 is 18.4. The average Bonchev–Trinajstić information content (AvgIpc) is 3.36. The highest BCUT2D eigenvalue weighted by atomic mass is 127. The van der Waals surface area contributed by atoms with Crippen LogP contribution in [0.5, 0.6) is 5.75 Å². The first-order chi connectivity index (χ1) is 13.2. The molecule has 0 amide bonds. The quantitative estimate of drug-likeness (QED) is 0.258. The molecule has 0 aromatic heterocycles. The zero-order valence-corrected chi connectivity index (χ0v) is 18.6. The van der Waals surface area contributed by atoms with Gasteiger partial charge in [0, 0.05) is 38.8 Å². The Morgan fingerprint density at radius 2 is 2.04 bits per heavy atom. The minimum atomic E-state index is -0.718. The molecule has 2 atom stereocenters. The number of halogens is 2. The second-order valence-corrected chi connectivity index (χ2v) is 6.93. The van der Waals surface area contributed by atoms with Crippen LogP contribution in [-0.4, -0.2) is 78.9 Å². The molecule has 8 heteroatoms. The maximum absolute atomic E-state index is 12.9. The third kappa shape index (κ3) is 6.59. The van der Waals surface area contributed by atoms with Crippen LogP contribution >= 0.6 is 24.0 Å². The standard InChI is InChI=1S/C20H29FN4O2.HI/c1-2-22-20(25-12-9-17(14-25)24-10-3-4-11-24)23-13-18(26)15-27-19-7-5-16(21)6-8-19;/h3-8,17-18,26H,2,9-15H2,1H3,(H,22,23);1H. The summed E-state index contributed by atoms with van der Waals surface area (Å²) >= 11 is 0. The topological polar surface area (TPSA) is 60.3 Å². The van der Waals surface area contributed by atoms with Crippen molar-refractivity contribution in [2.45, 2.75) is 25.5 Å². The van der Waals surface area contributed by atoms with Gasteiger partial charge >= 0.3 is 0 Å². The monoisotopic (exact) mass is 504 g/mol. The molecule has 156 valence electrons. The van der Waals surface area contributed by atoms with Crippen LogP contribution in [0.15, 0.2) is 41.4 Å². The van der Waals surface area contributed by atoms with Gasteiger partial charge < -0.3 is 20.1 Å². The molecule has 2 aliphatic heterocycles. The molecule has 0 bridgehead atoms. The Hall–Kier alpha value is -1.39. The summed E-state index contributed by atoms with van der Waals surface area (Å²) in [4.78, 5) is 9.34. The summed E-state index contributed by atoms with van der Waals surface area (Å²) in [6.45, 7) is 7.20. The molecular weight excluding hydrogens is 474 g/mol. The van der Waals surface area contributed by atoms with Crippen molar-refractivity contribution >= 4 is 29.9 Å². The molecule has 0 radical (unpaired) electrons. The van der Waals surface area contributed by atoms with Gasteiger partial charge in [0.15, 0.2) is 5.96 Å². The van der Waals surface area contributed by atoms with Crippen molar-refractivity contribution < 1.29 is 14.2 Å². The van der Waals surface area contributed by atoms with Crippen molar-refractivity contribution in [3.63, 3.8) is 0 Å². The number of hydrogen-bond acceptors (Lipinski definition) is 4. The highest BCUT2D eigenvalue weighted by molar-refractivity contribution is 14.0. The van der Waals surface area contributed by atoms with Gasteiger partial charge in [-0.1, -0.05) is 12.2 Å². The van der Waals surface area contributed by atoms with Gasteiger partial charge in [-0.25, -0.2) is 4.39 Å². The van der Waals surface area contributed by atoms with Crippen LogP contribution in [0.2, 0.25) is 0 Å². The lowest BCUT2D eigenvalue weighted by Crippen LogP contribution is -2.43. The molecule has 1 aromatic carbocycles. The molecule has 2 aliphatic rings. The smallest absolute Gasteiger partial charge is 0.194 e. The third-order valence-corrected chi connectivity index (χ3v) is 4.87. The second-order valence-electron chi connectivity index (χ2n) is 6.93. The third-order valence-electron chi connectivity index (χ3n) is 4.87. The number of likely N-dealkylation sites (tertiary alicyclic amines) is 1. The maximum Gasteiger partial charge on any atom is 0.194 e. The van der Waals surface area contributed by atoms with Gasteiger partial charge in [-0.2, -0.15) is 0 Å². The Morgan fingerprint density at radius 3 is 2.71 bits per heavy atom. The lowest BCUT2D eigenvalue weighted by atomic mass is 10.2. The minimum absolute atomic E-state index is 0. The molecule has 1 saturated heterocycles. The van der Waals surface area contributed by atoms with Crippen molar-refractivity contribution in [2.24, 2.45) is 4.99 Å². The molecule has 2 unspecified atom stereocenters. The number of aliphatic imine (C=N–C) groups is 1. The van der Waals surface area contributed by atoms with Crippen molar-refractivity contribution in [2.75, 3.05) is 45.9 Å². The molecule has 0 aliphatic carbocycles. The lowest BCUT2D eigenvalue weighted by molar-refractivity contribution is 0.114. The summed E-state index contributed by atoms with van der Waals surface area (Å²) in [6, 6.07) is 6.32. The lowest BCUT2D eigenvalue weighted by Gasteiger charge is -2.25. The van der Waals surface area contributed by atoms with Crippen LogP contribution in [0.25, 0.3) is 0 Å². The van der Waals surface area contributed by atoms with E-state index in [1.165, 1.54) is 12.1 Å². The van der Waals surface area contributed by atoms with E-state index in [9.17, 15) is 9.50 Å². The van der Waals surface area contributed by atoms with Gasteiger partial charge in [0.25, 0.3) is 0 Å². The summed E-state index contributed by atoms with van der Waals surface area (Å²) in [5.74, 6) is 1.07. The Kier molecular flexibility index (Phi) is 9.46. The normalized spacial score (nSPS) is 20.9. The van der Waals surface area contributed by atoms with Crippen LogP contribution in [0.1, 0.15) is 13.3 Å². The second kappa shape index (κ2) is 11.6. The number of guanidine groups is 1. The molecule has 2 heterocycles. The van der Waals surface area contributed by atoms with Gasteiger partial charge in [-0.3, -0.25) is 9.89 Å². The van der Waals surface area contributed by atoms with E-state index >= 15 is 0 Å². The molecule has 1 fully saturated rings. The van der Waals surface area contributed by atoms with Crippen LogP contribution in [0.3, 0.4) is 0 Å². The van der Waals surface area contributed by atoms with E-state index in [-0.39, 0.29) is 42.9 Å². The SMILES string of the molecule is CCNC(=NCC(O)COc1ccc(F)cc1)N1CCC(N2CC=CC2)C1.I. The number of aliphatic hydroxyl groups is 1. The summed E-state index contributed by atoms with van der Waals surface area (Å²) in [7, 11) is 0. The first-order valence-corrected chi connectivity index (χ1v) is 9.64. The van der Waals surface area contributed by atoms with E-state index < -0.39 is 6.10 Å². The minimum Gasteiger partial charge on any atom is -0.491 e. The molecule has 6 nitrogen and oxygen atoms in total. The fraction of sp³-hybridized carbons (Fsp3) is 0.550. The van der Waals surface area contributed by atoms with Crippen LogP contribution < -0.4 is 10.1 Å². The zero-order valence-electron chi connectivity index (χ0n) is 16.3. The summed E-state index contributed by atoms with van der Waals surface area (Å²) in [5.41, 5.74) is 0. The van der Waals surface area contributed by atoms with E-state index in [4.69, 9.17) is 4.74 Å². The van der Waals surface area contributed by atoms with Crippen molar-refractivity contribution in [1.29, 1.82) is 0 Å². The van der Waals surface area contributed by atoms with E-state index in [2.05, 4.69) is 32.3 Å². The molecule has 0 saturated carbocycles. The number of benzene rings is 1. The van der Waals surface area contributed by atoms with Crippen LogP contribution in [-0.2, 0) is 0 Å². The summed E-state index contributed by atoms with van der Waals surface area (Å²) in [6.07, 6.45) is 4.85. The molecular formula is C20H30FIN4O2. The van der Waals surface area contributed by atoms with Gasteiger partial charge in [-0.05, 0) is 37.6 Å². The summed E-state index contributed by atoms with van der Waals surface area (Å²) in [5, 5.41) is 13.5. The number of rotatable bonds is 7. The fourth-order valence-corrected chi connectivity index (χ4v) is 3.42. The largest absolute Gasteiger partial charge is 0.491 e. The van der Waals surface area contributed by atoms with Gasteiger partial charge in [-0.15, -0.1) is 24.0 Å². The van der Waals surface area contributed by atoms with E-state index in [0.29, 0.717) is 11.8 Å². The number of nitrogens with zero attached hydrogens (tertiary/aromatic N) is 3. The van der Waals surface area contributed by atoms with Gasteiger partial charge in [0.2, 0.25) is 0 Å². The van der Waals surface area contributed by atoms with Gasteiger partial charge in [0.1, 0.15) is 24.3 Å². The molecule has 0 spiro atoms. The van der Waals surface area contributed by atoms with E-state index in [1.807, 2.05) is 6.92 Å². The number of hydrogen-bond donors (Lipinski definition) is 2. The highest BCUT2D eigenvalue weighted by Crippen LogP contribution is 2.18. The molecule has 1 aromatic rings. The first kappa shape index (κ1) is 22.9. The predicted octanol–water partition coefficient (Wildman–Crippen LogP) is 2.10. The average molecular weight is 504 g/mol. The predicted molar refractivity (Wildman–Crippen MR) is 120 cm³/mol. The van der Waals surface area contributed by atoms with Crippen molar-refractivity contribution in [3.8, 4) is 5.75 Å². The zero-order chi connectivity index (χ0) is 19.1. The number of aliphatic hydroxyl groups excluding tert-OH is 1. The Morgan fingerprint density at radius 1 is 1.32 bits per heavy atom. The van der Waals surface area contributed by atoms with E-state index in [1.54, 1.807) is 12.1 Å². The Labute approximate surface area is 183 Å². The fourth-order valence-electron chi connectivity index (χ4n) is 3.42. The number of nitrogens with one attached hydrogen (secondary N) is 1. The molecule has 2 N–H and O–H groups in total. The van der Waals surface area contributed by atoms with Crippen LogP contribution in [0.4, 0.5) is 4.39 Å². The van der Waals surface area contributed by atoms with Gasteiger partial charge in [0.05, 0.1) is 6.54 Å². The maximum atomic E-state index is 12.9. The van der Waals surface area contributed by atoms with Crippen molar-refractivity contribution in [1.82, 2.24) is 15.1 Å². The highest BCUT2D eigenvalue weighted by Gasteiger charge is 2.29. The Balaban J connectivity index is 0.00000280. The molecule has 3 rings (SSSR count). The Bertz CT molecular complexity index is 648.